The molecule has 48 heavy (non-hydrogen) atoms. The largest absolute Gasteiger partial charge is 0.409 e. The zero-order chi connectivity index (χ0) is 34.4. The van der Waals surface area contributed by atoms with Crippen LogP contribution < -0.4 is 21.3 Å². The molecule has 1 aromatic rings. The minimum absolute atomic E-state index is 0.0433. The van der Waals surface area contributed by atoms with Gasteiger partial charge in [0.05, 0.1) is 30.5 Å². The molecule has 0 bridgehead atoms. The molecule has 5 N–H and O–H groups in total. The second-order valence-corrected chi connectivity index (χ2v) is 13.8. The van der Waals surface area contributed by atoms with Crippen molar-refractivity contribution in [1.82, 2.24) is 36.1 Å². The predicted octanol–water partition coefficient (Wildman–Crippen LogP) is 2.29. The molecule has 2 unspecified atom stereocenters. The Balaban J connectivity index is 1.27. The van der Waals surface area contributed by atoms with Crippen LogP contribution in [0.3, 0.4) is 0 Å². The summed E-state index contributed by atoms with van der Waals surface area (Å²) >= 11 is 0. The van der Waals surface area contributed by atoms with Gasteiger partial charge in [-0.15, -0.1) is 0 Å². The molecule has 4 aliphatic rings. The van der Waals surface area contributed by atoms with Gasteiger partial charge in [0.25, 0.3) is 5.91 Å². The number of aromatic nitrogens is 2. The Morgan fingerprint density at radius 2 is 1.75 bits per heavy atom. The number of alkyl halides is 3. The fourth-order valence-electron chi connectivity index (χ4n) is 7.74. The molecule has 3 aliphatic carbocycles. The van der Waals surface area contributed by atoms with Gasteiger partial charge in [-0.3, -0.25) is 34.5 Å². The van der Waals surface area contributed by atoms with Crippen LogP contribution >= 0.6 is 0 Å². The number of likely N-dealkylation sites (tertiary alicyclic amines) is 1. The lowest BCUT2D eigenvalue weighted by atomic mass is 9.83. The Morgan fingerprint density at radius 3 is 2.40 bits per heavy atom. The Hall–Kier alpha value is -3.33. The van der Waals surface area contributed by atoms with Crippen LogP contribution in [0.25, 0.3) is 0 Å². The molecule has 0 aromatic carbocycles. The quantitative estimate of drug-likeness (QED) is 0.200. The van der Waals surface area contributed by atoms with Crippen LogP contribution in [0.15, 0.2) is 18.6 Å². The van der Waals surface area contributed by atoms with Gasteiger partial charge >= 0.3 is 6.18 Å². The maximum Gasteiger partial charge on any atom is 0.409 e. The van der Waals surface area contributed by atoms with Gasteiger partial charge in [-0.2, -0.15) is 13.2 Å². The Labute approximate surface area is 278 Å². The van der Waals surface area contributed by atoms with Crippen LogP contribution in [0.1, 0.15) is 95.7 Å². The fraction of sp³-hybridized carbons (Fsp3) is 0.758. The normalized spacial score (nSPS) is 25.4. The first-order valence-electron chi connectivity index (χ1n) is 17.4. The van der Waals surface area contributed by atoms with E-state index in [2.05, 4.69) is 31.2 Å². The Kier molecular flexibility index (Phi) is 11.9. The van der Waals surface area contributed by atoms with Crippen molar-refractivity contribution in [2.24, 2.45) is 17.8 Å². The highest BCUT2D eigenvalue weighted by molar-refractivity contribution is 5.92. The highest BCUT2D eigenvalue weighted by Gasteiger charge is 2.50. The number of carbonyl (C=O) groups excluding carboxylic acids is 4. The molecule has 4 fully saturated rings. The average molecular weight is 680 g/mol. The molecular weight excluding hydrogens is 631 g/mol. The van der Waals surface area contributed by atoms with Gasteiger partial charge in [0, 0.05) is 25.0 Å². The van der Waals surface area contributed by atoms with Crippen LogP contribution in [0, 0.1) is 17.8 Å². The second kappa shape index (κ2) is 15.9. The minimum Gasteiger partial charge on any atom is -0.381 e. The zero-order valence-electron chi connectivity index (χ0n) is 27.4. The molecule has 1 aliphatic heterocycles. The third kappa shape index (κ3) is 8.82. The number of carbonyl (C=O) groups is 4. The predicted molar refractivity (Wildman–Crippen MR) is 168 cm³/mol. The number of fused-ring (bicyclic) bond motifs is 1. The molecule has 0 radical (unpaired) electrons. The van der Waals surface area contributed by atoms with E-state index in [1.54, 1.807) is 0 Å². The van der Waals surface area contributed by atoms with E-state index in [0.29, 0.717) is 32.2 Å². The molecule has 3 saturated carbocycles. The van der Waals surface area contributed by atoms with Crippen molar-refractivity contribution in [3.8, 4) is 0 Å². The number of halogens is 3. The third-order valence-electron chi connectivity index (χ3n) is 10.4. The van der Waals surface area contributed by atoms with Crippen LogP contribution in [0.2, 0.25) is 0 Å². The molecule has 1 aromatic heterocycles. The molecule has 0 spiro atoms. The Bertz CT molecular complexity index is 1280. The van der Waals surface area contributed by atoms with E-state index in [0.717, 1.165) is 63.8 Å². The molecule has 15 heteroatoms. The van der Waals surface area contributed by atoms with E-state index < -0.39 is 66.6 Å². The second-order valence-electron chi connectivity index (χ2n) is 13.8. The van der Waals surface area contributed by atoms with Crippen molar-refractivity contribution >= 4 is 23.6 Å². The summed E-state index contributed by atoms with van der Waals surface area (Å²) in [5.74, 6) is -2.63. The summed E-state index contributed by atoms with van der Waals surface area (Å²) in [6.07, 6.45) is 6.00. The number of nitrogens with one attached hydrogen (secondary N) is 4. The highest BCUT2D eigenvalue weighted by atomic mass is 19.4. The maximum atomic E-state index is 14.2. The van der Waals surface area contributed by atoms with Crippen LogP contribution in [-0.4, -0.2) is 93.1 Å². The van der Waals surface area contributed by atoms with Crippen molar-refractivity contribution in [3.05, 3.63) is 24.3 Å². The van der Waals surface area contributed by atoms with Crippen LogP contribution in [0.5, 0.6) is 0 Å². The molecule has 7 atom stereocenters. The minimum atomic E-state index is -4.76. The SMILES string of the molecule is CCC[C@H](NC(=O)[C@@H]1[C@H]2CCC[C@H]2CN1C(=O)CNC(=O)[C@@H](NC(c1cnccn1)C(F)(F)F)C1CCCCC1)C(O)C(=O)NC1CC1. The summed E-state index contributed by atoms with van der Waals surface area (Å²) in [4.78, 5) is 62.7. The fourth-order valence-corrected chi connectivity index (χ4v) is 7.74. The van der Waals surface area contributed by atoms with Crippen molar-refractivity contribution < 1.29 is 37.5 Å². The number of nitrogens with zero attached hydrogens (tertiary/aromatic N) is 3. The number of rotatable bonds is 14. The van der Waals surface area contributed by atoms with Gasteiger partial charge in [0.1, 0.15) is 12.1 Å². The van der Waals surface area contributed by atoms with Crippen LogP contribution in [-0.2, 0) is 19.2 Å². The van der Waals surface area contributed by atoms with E-state index in [9.17, 15) is 37.5 Å². The molecule has 266 valence electrons. The van der Waals surface area contributed by atoms with Gasteiger partial charge in [0.2, 0.25) is 17.7 Å². The lowest BCUT2D eigenvalue weighted by molar-refractivity contribution is -0.163. The van der Waals surface area contributed by atoms with Gasteiger partial charge in [-0.25, -0.2) is 0 Å². The molecule has 2 heterocycles. The smallest absolute Gasteiger partial charge is 0.381 e. The molecular formula is C33H48F3N7O5. The topological polar surface area (TPSA) is 166 Å². The van der Waals surface area contributed by atoms with E-state index in [1.165, 1.54) is 11.1 Å². The summed E-state index contributed by atoms with van der Waals surface area (Å²) < 4.78 is 42.7. The van der Waals surface area contributed by atoms with E-state index in [4.69, 9.17) is 0 Å². The van der Waals surface area contributed by atoms with Gasteiger partial charge < -0.3 is 26.0 Å². The summed E-state index contributed by atoms with van der Waals surface area (Å²) in [5, 5.41) is 21.5. The summed E-state index contributed by atoms with van der Waals surface area (Å²) in [7, 11) is 0. The first-order chi connectivity index (χ1) is 23.0. The van der Waals surface area contributed by atoms with Crippen molar-refractivity contribution in [1.29, 1.82) is 0 Å². The van der Waals surface area contributed by atoms with Gasteiger partial charge in [-0.1, -0.05) is 39.0 Å². The molecule has 5 rings (SSSR count). The van der Waals surface area contributed by atoms with E-state index in [-0.39, 0.29) is 29.5 Å². The number of aliphatic hydroxyl groups is 1. The first kappa shape index (κ1) is 36.0. The summed E-state index contributed by atoms with van der Waals surface area (Å²) in [6.45, 7) is 1.71. The van der Waals surface area contributed by atoms with Crippen LogP contribution in [0.4, 0.5) is 13.2 Å². The number of amides is 4. The number of hydrogen-bond donors (Lipinski definition) is 5. The first-order valence-corrected chi connectivity index (χ1v) is 17.4. The number of aliphatic hydroxyl groups excluding tert-OH is 1. The maximum absolute atomic E-state index is 14.2. The standard InChI is InChI=1S/C33H48F3N7O5/c1-2-7-23(28(45)32(48)40-21-12-13-21)41-31(47)27-22-11-6-10-20(22)18-43(27)25(44)17-39-30(46)26(19-8-4-3-5-9-19)42-29(33(34,35)36)24-16-37-14-15-38-24/h14-16,19-23,26-29,42,45H,2-13,17-18H2,1H3,(H,39,46)(H,40,48)(H,41,47)/t20-,22-,23-,26-,27-,28?,29?/m0/s1. The lowest BCUT2D eigenvalue weighted by Gasteiger charge is -2.34. The highest BCUT2D eigenvalue weighted by Crippen LogP contribution is 2.42. The van der Waals surface area contributed by atoms with Gasteiger partial charge in [0.15, 0.2) is 6.10 Å². The average Bonchev–Trinajstić information content (AvgIpc) is 3.63. The third-order valence-corrected chi connectivity index (χ3v) is 10.4. The van der Waals surface area contributed by atoms with Gasteiger partial charge in [-0.05, 0) is 62.7 Å². The zero-order valence-corrected chi connectivity index (χ0v) is 27.4. The monoisotopic (exact) mass is 679 g/mol. The molecule has 1 saturated heterocycles. The molecule has 4 amide bonds. The van der Waals surface area contributed by atoms with E-state index in [1.807, 2.05) is 6.92 Å². The van der Waals surface area contributed by atoms with E-state index >= 15 is 0 Å². The van der Waals surface area contributed by atoms with Crippen molar-refractivity contribution in [2.75, 3.05) is 13.1 Å². The Morgan fingerprint density at radius 1 is 1.00 bits per heavy atom. The van der Waals surface area contributed by atoms with Crippen molar-refractivity contribution in [2.45, 2.75) is 126 Å². The molecule has 12 nitrogen and oxygen atoms in total. The summed E-state index contributed by atoms with van der Waals surface area (Å²) in [6, 6.07) is -5.11. The van der Waals surface area contributed by atoms with Crippen molar-refractivity contribution in [3.63, 3.8) is 0 Å². The summed E-state index contributed by atoms with van der Waals surface area (Å²) in [5.41, 5.74) is -0.358. The lowest BCUT2D eigenvalue weighted by Crippen LogP contribution is -2.58. The number of hydrogen-bond acceptors (Lipinski definition) is 8.